The molecule has 14 heavy (non-hydrogen) atoms. The Morgan fingerprint density at radius 2 is 2.43 bits per heavy atom. The summed E-state index contributed by atoms with van der Waals surface area (Å²) in [6.45, 7) is 2.41. The predicted molar refractivity (Wildman–Crippen MR) is 51.4 cm³/mol. The van der Waals surface area contributed by atoms with Gasteiger partial charge < -0.3 is 15.2 Å². The Kier molecular flexibility index (Phi) is 2.49. The van der Waals surface area contributed by atoms with Crippen LogP contribution in [0.15, 0.2) is 18.7 Å². The maximum Gasteiger partial charge on any atom is 0.241 e. The summed E-state index contributed by atoms with van der Waals surface area (Å²) in [6.07, 6.45) is 6.41. The number of likely N-dealkylation sites (tertiary alicyclic amines) is 1. The van der Waals surface area contributed by atoms with Gasteiger partial charge in [-0.15, -0.1) is 0 Å². The first-order chi connectivity index (χ1) is 6.77. The number of hydrogen-bond donors (Lipinski definition) is 1. The Labute approximate surface area is 82.5 Å². The van der Waals surface area contributed by atoms with Crippen molar-refractivity contribution in [3.05, 3.63) is 18.7 Å². The summed E-state index contributed by atoms with van der Waals surface area (Å²) in [5.41, 5.74) is 5.47. The molecule has 0 radical (unpaired) electrons. The van der Waals surface area contributed by atoms with Crippen LogP contribution in [-0.4, -0.2) is 39.5 Å². The summed E-state index contributed by atoms with van der Waals surface area (Å²) in [5.74, 6) is 0.0793. The Morgan fingerprint density at radius 1 is 1.57 bits per heavy atom. The third-order valence-electron chi connectivity index (χ3n) is 2.45. The SMILES string of the molecule is NC1CN(CCCn2ccnc2)C1=O. The fourth-order valence-corrected chi connectivity index (χ4v) is 1.59. The summed E-state index contributed by atoms with van der Waals surface area (Å²) < 4.78 is 2.00. The fraction of sp³-hybridized carbons (Fsp3) is 0.556. The number of aryl methyl sites for hydroxylation is 1. The topological polar surface area (TPSA) is 64.2 Å². The van der Waals surface area contributed by atoms with Crippen LogP contribution in [0.5, 0.6) is 0 Å². The van der Waals surface area contributed by atoms with Gasteiger partial charge in [0.05, 0.1) is 6.33 Å². The van der Waals surface area contributed by atoms with Gasteiger partial charge in [-0.3, -0.25) is 4.79 Å². The zero-order chi connectivity index (χ0) is 9.97. The van der Waals surface area contributed by atoms with Gasteiger partial charge in [0.25, 0.3) is 0 Å². The Balaban J connectivity index is 1.67. The highest BCUT2D eigenvalue weighted by Gasteiger charge is 2.32. The lowest BCUT2D eigenvalue weighted by Gasteiger charge is -2.36. The molecule has 2 heterocycles. The van der Waals surface area contributed by atoms with Gasteiger partial charge in [0.15, 0.2) is 0 Å². The predicted octanol–water partition coefficient (Wildman–Crippen LogP) is -0.557. The molecule has 1 unspecified atom stereocenters. The maximum absolute atomic E-state index is 11.1. The summed E-state index contributed by atoms with van der Waals surface area (Å²) in [7, 11) is 0. The van der Waals surface area contributed by atoms with Crippen molar-refractivity contribution in [2.45, 2.75) is 19.0 Å². The normalized spacial score (nSPS) is 21.1. The minimum Gasteiger partial charge on any atom is -0.339 e. The number of nitrogens with two attached hydrogens (primary N) is 1. The average Bonchev–Trinajstić information content (AvgIpc) is 2.69. The van der Waals surface area contributed by atoms with Crippen LogP contribution in [0, 0.1) is 0 Å². The van der Waals surface area contributed by atoms with Crippen LogP contribution < -0.4 is 5.73 Å². The highest BCUT2D eigenvalue weighted by Crippen LogP contribution is 2.08. The molecule has 1 aliphatic heterocycles. The number of rotatable bonds is 4. The molecule has 1 fully saturated rings. The zero-order valence-electron chi connectivity index (χ0n) is 7.97. The van der Waals surface area contributed by atoms with Gasteiger partial charge in [-0.25, -0.2) is 4.98 Å². The summed E-state index contributed by atoms with van der Waals surface area (Å²) >= 11 is 0. The second-order valence-electron chi connectivity index (χ2n) is 3.54. The Hall–Kier alpha value is -1.36. The molecule has 0 spiro atoms. The highest BCUT2D eigenvalue weighted by molar-refractivity contribution is 5.87. The lowest BCUT2D eigenvalue weighted by molar-refractivity contribution is -0.142. The number of nitrogens with zero attached hydrogens (tertiary/aromatic N) is 3. The van der Waals surface area contributed by atoms with E-state index >= 15 is 0 Å². The van der Waals surface area contributed by atoms with E-state index in [1.165, 1.54) is 0 Å². The number of aromatic nitrogens is 2. The van der Waals surface area contributed by atoms with E-state index in [1.54, 1.807) is 17.4 Å². The van der Waals surface area contributed by atoms with E-state index in [1.807, 2.05) is 10.8 Å². The minimum absolute atomic E-state index is 0.0793. The van der Waals surface area contributed by atoms with Crippen LogP contribution in [0.2, 0.25) is 0 Å². The van der Waals surface area contributed by atoms with E-state index in [9.17, 15) is 4.79 Å². The molecular weight excluding hydrogens is 180 g/mol. The molecule has 5 heteroatoms. The molecule has 1 saturated heterocycles. The van der Waals surface area contributed by atoms with E-state index in [4.69, 9.17) is 5.73 Å². The quantitative estimate of drug-likeness (QED) is 0.654. The van der Waals surface area contributed by atoms with E-state index in [0.29, 0.717) is 6.54 Å². The number of carbonyl (C=O) groups is 1. The summed E-state index contributed by atoms with van der Waals surface area (Å²) in [5, 5.41) is 0. The number of β-lactam (4-membered cyclic amide) rings is 1. The van der Waals surface area contributed by atoms with Crippen molar-refractivity contribution in [3.63, 3.8) is 0 Å². The molecule has 5 nitrogen and oxygen atoms in total. The molecule has 1 amide bonds. The van der Waals surface area contributed by atoms with E-state index in [-0.39, 0.29) is 11.9 Å². The van der Waals surface area contributed by atoms with Crippen LogP contribution in [0.1, 0.15) is 6.42 Å². The largest absolute Gasteiger partial charge is 0.339 e. The minimum atomic E-state index is -0.247. The van der Waals surface area contributed by atoms with E-state index in [2.05, 4.69) is 4.98 Å². The first kappa shape index (κ1) is 9.21. The maximum atomic E-state index is 11.1. The van der Waals surface area contributed by atoms with Crippen LogP contribution in [-0.2, 0) is 11.3 Å². The molecule has 1 atom stereocenters. The van der Waals surface area contributed by atoms with Gasteiger partial charge >= 0.3 is 0 Å². The van der Waals surface area contributed by atoms with Crippen molar-refractivity contribution in [1.82, 2.24) is 14.5 Å². The third-order valence-corrected chi connectivity index (χ3v) is 2.45. The van der Waals surface area contributed by atoms with Gasteiger partial charge in [-0.1, -0.05) is 0 Å². The molecular formula is C9H14N4O. The van der Waals surface area contributed by atoms with E-state index in [0.717, 1.165) is 19.5 Å². The van der Waals surface area contributed by atoms with Gasteiger partial charge in [0.2, 0.25) is 5.91 Å². The van der Waals surface area contributed by atoms with Crippen LogP contribution in [0.25, 0.3) is 0 Å². The van der Waals surface area contributed by atoms with Crippen molar-refractivity contribution in [2.75, 3.05) is 13.1 Å². The molecule has 0 bridgehead atoms. The van der Waals surface area contributed by atoms with Crippen molar-refractivity contribution in [1.29, 1.82) is 0 Å². The number of carbonyl (C=O) groups excluding carboxylic acids is 1. The Bertz CT molecular complexity index is 309. The summed E-state index contributed by atoms with van der Waals surface area (Å²) in [4.78, 5) is 16.9. The van der Waals surface area contributed by atoms with Crippen molar-refractivity contribution in [2.24, 2.45) is 5.73 Å². The molecule has 1 aromatic heterocycles. The molecule has 0 saturated carbocycles. The molecule has 0 aromatic carbocycles. The number of hydrogen-bond acceptors (Lipinski definition) is 3. The average molecular weight is 194 g/mol. The summed E-state index contributed by atoms with van der Waals surface area (Å²) in [6, 6.07) is -0.247. The molecule has 2 N–H and O–H groups in total. The second-order valence-corrected chi connectivity index (χ2v) is 3.54. The lowest BCUT2D eigenvalue weighted by atomic mass is 10.1. The van der Waals surface area contributed by atoms with Crippen molar-refractivity contribution >= 4 is 5.91 Å². The first-order valence-electron chi connectivity index (χ1n) is 4.77. The number of amides is 1. The van der Waals surface area contributed by atoms with Gasteiger partial charge in [-0.05, 0) is 6.42 Å². The second kappa shape index (κ2) is 3.79. The Morgan fingerprint density at radius 3 is 3.00 bits per heavy atom. The van der Waals surface area contributed by atoms with Crippen LogP contribution >= 0.6 is 0 Å². The highest BCUT2D eigenvalue weighted by atomic mass is 16.2. The van der Waals surface area contributed by atoms with Gasteiger partial charge in [0.1, 0.15) is 6.04 Å². The third kappa shape index (κ3) is 1.77. The number of imidazole rings is 1. The molecule has 1 aliphatic rings. The smallest absolute Gasteiger partial charge is 0.241 e. The van der Waals surface area contributed by atoms with Crippen molar-refractivity contribution < 1.29 is 4.79 Å². The standard InChI is InChI=1S/C9H14N4O/c10-8-6-13(9(8)14)4-1-3-12-5-2-11-7-12/h2,5,7-8H,1,3-4,6,10H2. The van der Waals surface area contributed by atoms with Crippen molar-refractivity contribution in [3.8, 4) is 0 Å². The first-order valence-corrected chi connectivity index (χ1v) is 4.77. The van der Waals surface area contributed by atoms with Gasteiger partial charge in [0, 0.05) is 32.0 Å². The zero-order valence-corrected chi connectivity index (χ0v) is 7.97. The molecule has 1 aromatic rings. The van der Waals surface area contributed by atoms with E-state index < -0.39 is 0 Å². The fourth-order valence-electron chi connectivity index (χ4n) is 1.59. The monoisotopic (exact) mass is 194 g/mol. The van der Waals surface area contributed by atoms with Gasteiger partial charge in [-0.2, -0.15) is 0 Å². The molecule has 76 valence electrons. The molecule has 0 aliphatic carbocycles. The molecule has 2 rings (SSSR count). The van der Waals surface area contributed by atoms with Crippen LogP contribution in [0.4, 0.5) is 0 Å². The lowest BCUT2D eigenvalue weighted by Crippen LogP contribution is -2.60. The van der Waals surface area contributed by atoms with Crippen LogP contribution in [0.3, 0.4) is 0 Å².